The van der Waals surface area contributed by atoms with Crippen molar-refractivity contribution in [3.63, 3.8) is 0 Å². The van der Waals surface area contributed by atoms with E-state index in [4.69, 9.17) is 0 Å². The minimum atomic E-state index is 0.292. The molecular formula is C24H33NS. The first-order valence-corrected chi connectivity index (χ1v) is 11.3. The van der Waals surface area contributed by atoms with Crippen LogP contribution < -0.4 is 5.32 Å². The van der Waals surface area contributed by atoms with Crippen LogP contribution in [0.2, 0.25) is 0 Å². The molecule has 3 rings (SSSR count). The van der Waals surface area contributed by atoms with Gasteiger partial charge < -0.3 is 5.32 Å². The highest BCUT2D eigenvalue weighted by Gasteiger charge is 2.24. The molecule has 1 nitrogen and oxygen atoms in total. The van der Waals surface area contributed by atoms with Gasteiger partial charge in [-0.15, -0.1) is 11.8 Å². The Labute approximate surface area is 164 Å². The highest BCUT2D eigenvalue weighted by Crippen LogP contribution is 2.34. The molecule has 0 radical (unpaired) electrons. The van der Waals surface area contributed by atoms with Crippen molar-refractivity contribution in [3.8, 4) is 0 Å². The van der Waals surface area contributed by atoms with Gasteiger partial charge in [-0.25, -0.2) is 0 Å². The zero-order valence-corrected chi connectivity index (χ0v) is 17.1. The lowest BCUT2D eigenvalue weighted by Gasteiger charge is -2.32. The Kier molecular flexibility index (Phi) is 7.64. The molecule has 2 aromatic carbocycles. The Bertz CT molecular complexity index is 646. The molecule has 0 spiro atoms. The summed E-state index contributed by atoms with van der Waals surface area (Å²) in [7, 11) is 0. The van der Waals surface area contributed by atoms with Crippen LogP contribution in [0.3, 0.4) is 0 Å². The minimum absolute atomic E-state index is 0.292. The predicted octanol–water partition coefficient (Wildman–Crippen LogP) is 6.84. The van der Waals surface area contributed by atoms with Crippen molar-refractivity contribution >= 4 is 11.8 Å². The van der Waals surface area contributed by atoms with E-state index in [9.17, 15) is 0 Å². The summed E-state index contributed by atoms with van der Waals surface area (Å²) < 4.78 is 0. The van der Waals surface area contributed by atoms with Crippen LogP contribution in [0.5, 0.6) is 0 Å². The SMILES string of the molecule is CCCCSc1ccccc1C(NC1CCC(C)CC1)c1ccccc1. The number of hydrogen-bond donors (Lipinski definition) is 1. The molecule has 1 saturated carbocycles. The summed E-state index contributed by atoms with van der Waals surface area (Å²) in [5.41, 5.74) is 2.83. The lowest BCUT2D eigenvalue weighted by Crippen LogP contribution is -2.36. The van der Waals surface area contributed by atoms with E-state index in [1.54, 1.807) is 0 Å². The molecule has 2 heteroatoms. The molecule has 1 atom stereocenters. The van der Waals surface area contributed by atoms with Gasteiger partial charge in [0.2, 0.25) is 0 Å². The van der Waals surface area contributed by atoms with Gasteiger partial charge in [0.1, 0.15) is 0 Å². The van der Waals surface area contributed by atoms with Gasteiger partial charge in [-0.2, -0.15) is 0 Å². The molecule has 1 fully saturated rings. The van der Waals surface area contributed by atoms with E-state index >= 15 is 0 Å². The third-order valence-electron chi connectivity index (χ3n) is 5.54. The summed E-state index contributed by atoms with van der Waals surface area (Å²) in [6.45, 7) is 4.66. The molecule has 1 aliphatic rings. The summed E-state index contributed by atoms with van der Waals surface area (Å²) in [6.07, 6.45) is 7.85. The van der Waals surface area contributed by atoms with Gasteiger partial charge in [0.25, 0.3) is 0 Å². The van der Waals surface area contributed by atoms with Gasteiger partial charge in [0.05, 0.1) is 6.04 Å². The molecule has 0 aliphatic heterocycles. The standard InChI is InChI=1S/C24H33NS/c1-3-4-18-26-23-13-9-8-12-22(23)24(20-10-6-5-7-11-20)25-21-16-14-19(2)15-17-21/h5-13,19,21,24-25H,3-4,14-18H2,1-2H3. The van der Waals surface area contributed by atoms with E-state index in [1.807, 2.05) is 11.8 Å². The fourth-order valence-electron chi connectivity index (χ4n) is 3.85. The van der Waals surface area contributed by atoms with Crippen LogP contribution >= 0.6 is 11.8 Å². The van der Waals surface area contributed by atoms with Gasteiger partial charge in [-0.1, -0.05) is 68.8 Å². The van der Waals surface area contributed by atoms with Crippen LogP contribution in [0.15, 0.2) is 59.5 Å². The number of rotatable bonds is 8. The highest BCUT2D eigenvalue weighted by molar-refractivity contribution is 7.99. The Balaban J connectivity index is 1.84. The first kappa shape index (κ1) is 19.5. The third-order valence-corrected chi connectivity index (χ3v) is 6.71. The van der Waals surface area contributed by atoms with Crippen LogP contribution in [0.4, 0.5) is 0 Å². The van der Waals surface area contributed by atoms with Crippen molar-refractivity contribution in [3.05, 3.63) is 65.7 Å². The molecule has 0 heterocycles. The zero-order valence-electron chi connectivity index (χ0n) is 16.3. The van der Waals surface area contributed by atoms with Crippen LogP contribution in [0.25, 0.3) is 0 Å². The Morgan fingerprint density at radius 3 is 2.38 bits per heavy atom. The van der Waals surface area contributed by atoms with E-state index in [2.05, 4.69) is 73.8 Å². The van der Waals surface area contributed by atoms with E-state index in [-0.39, 0.29) is 0 Å². The van der Waals surface area contributed by atoms with Gasteiger partial charge in [-0.3, -0.25) is 0 Å². The predicted molar refractivity (Wildman–Crippen MR) is 115 cm³/mol. The van der Waals surface area contributed by atoms with Crippen molar-refractivity contribution in [2.45, 2.75) is 69.4 Å². The summed E-state index contributed by atoms with van der Waals surface area (Å²) in [4.78, 5) is 1.44. The summed E-state index contributed by atoms with van der Waals surface area (Å²) in [5.74, 6) is 2.09. The summed E-state index contributed by atoms with van der Waals surface area (Å²) >= 11 is 2.02. The molecular weight excluding hydrogens is 334 g/mol. The lowest BCUT2D eigenvalue weighted by molar-refractivity contribution is 0.295. The monoisotopic (exact) mass is 367 g/mol. The molecule has 1 unspecified atom stereocenters. The quantitative estimate of drug-likeness (QED) is 0.405. The maximum absolute atomic E-state index is 4.03. The van der Waals surface area contributed by atoms with Crippen LogP contribution in [0.1, 0.15) is 69.5 Å². The largest absolute Gasteiger partial charge is 0.303 e. The average molecular weight is 368 g/mol. The van der Waals surface area contributed by atoms with E-state index in [0.29, 0.717) is 12.1 Å². The number of nitrogens with one attached hydrogen (secondary N) is 1. The smallest absolute Gasteiger partial charge is 0.0589 e. The second-order valence-electron chi connectivity index (χ2n) is 7.71. The van der Waals surface area contributed by atoms with Gasteiger partial charge >= 0.3 is 0 Å². The fourth-order valence-corrected chi connectivity index (χ4v) is 5.03. The van der Waals surface area contributed by atoms with Gasteiger partial charge in [0, 0.05) is 10.9 Å². The molecule has 140 valence electrons. The number of unbranched alkanes of at least 4 members (excludes halogenated alkanes) is 1. The molecule has 2 aromatic rings. The number of thioether (sulfide) groups is 1. The molecule has 0 amide bonds. The average Bonchev–Trinajstić information content (AvgIpc) is 2.69. The second kappa shape index (κ2) is 10.2. The van der Waals surface area contributed by atoms with Gasteiger partial charge in [0.15, 0.2) is 0 Å². The Hall–Kier alpha value is -1.25. The Morgan fingerprint density at radius 2 is 1.65 bits per heavy atom. The normalized spacial score (nSPS) is 21.5. The summed E-state index contributed by atoms with van der Waals surface area (Å²) in [6, 6.07) is 20.9. The van der Waals surface area contributed by atoms with Crippen molar-refractivity contribution in [1.82, 2.24) is 5.32 Å². The molecule has 26 heavy (non-hydrogen) atoms. The first-order valence-electron chi connectivity index (χ1n) is 10.3. The molecule has 0 saturated heterocycles. The summed E-state index contributed by atoms with van der Waals surface area (Å²) in [5, 5.41) is 4.03. The molecule has 0 aromatic heterocycles. The number of benzene rings is 2. The minimum Gasteiger partial charge on any atom is -0.303 e. The van der Waals surface area contributed by atoms with E-state index in [0.717, 1.165) is 5.92 Å². The maximum Gasteiger partial charge on any atom is 0.0589 e. The first-order chi connectivity index (χ1) is 12.8. The highest BCUT2D eigenvalue weighted by atomic mass is 32.2. The zero-order chi connectivity index (χ0) is 18.2. The van der Waals surface area contributed by atoms with Crippen molar-refractivity contribution in [2.24, 2.45) is 5.92 Å². The topological polar surface area (TPSA) is 12.0 Å². The number of hydrogen-bond acceptors (Lipinski definition) is 2. The van der Waals surface area contributed by atoms with Crippen molar-refractivity contribution < 1.29 is 0 Å². The van der Waals surface area contributed by atoms with Crippen LogP contribution in [-0.2, 0) is 0 Å². The molecule has 0 bridgehead atoms. The molecule has 1 N–H and O–H groups in total. The van der Waals surface area contributed by atoms with E-state index in [1.165, 1.54) is 60.3 Å². The molecule has 1 aliphatic carbocycles. The Morgan fingerprint density at radius 1 is 0.962 bits per heavy atom. The van der Waals surface area contributed by atoms with Crippen molar-refractivity contribution in [1.29, 1.82) is 0 Å². The van der Waals surface area contributed by atoms with E-state index < -0.39 is 0 Å². The van der Waals surface area contributed by atoms with Crippen molar-refractivity contribution in [2.75, 3.05) is 5.75 Å². The van der Waals surface area contributed by atoms with Crippen LogP contribution in [0, 0.1) is 5.92 Å². The maximum atomic E-state index is 4.03. The third kappa shape index (κ3) is 5.37. The van der Waals surface area contributed by atoms with Gasteiger partial charge in [-0.05, 0) is 61.0 Å². The second-order valence-corrected chi connectivity index (χ2v) is 8.84. The lowest BCUT2D eigenvalue weighted by atomic mass is 9.86. The van der Waals surface area contributed by atoms with Crippen LogP contribution in [-0.4, -0.2) is 11.8 Å². The fraction of sp³-hybridized carbons (Fsp3) is 0.500.